The van der Waals surface area contributed by atoms with Crippen LogP contribution in [0.3, 0.4) is 0 Å². The van der Waals surface area contributed by atoms with E-state index in [2.05, 4.69) is 5.32 Å². The normalized spacial score (nSPS) is 9.40. The van der Waals surface area contributed by atoms with Crippen molar-refractivity contribution < 1.29 is 4.79 Å². The van der Waals surface area contributed by atoms with Gasteiger partial charge in [0.2, 0.25) is 0 Å². The second kappa shape index (κ2) is 5.31. The molecule has 0 atom stereocenters. The third-order valence-corrected chi connectivity index (χ3v) is 2.18. The summed E-state index contributed by atoms with van der Waals surface area (Å²) in [5, 5.41) is 2.70. The molecule has 15 heavy (non-hydrogen) atoms. The van der Waals surface area contributed by atoms with Crippen LogP contribution in [0.4, 0.5) is 10.5 Å². The number of primary amides is 1. The molecule has 1 rings (SSSR count). The summed E-state index contributed by atoms with van der Waals surface area (Å²) < 4.78 is 0. The Kier molecular flexibility index (Phi) is 4.05. The predicted octanol–water partition coefficient (Wildman–Crippen LogP) is 1.47. The molecule has 0 saturated carbocycles. The summed E-state index contributed by atoms with van der Waals surface area (Å²) in [5.74, 6) is 0. The Morgan fingerprint density at radius 2 is 2.07 bits per heavy atom. The van der Waals surface area contributed by atoms with Gasteiger partial charge in [0.25, 0.3) is 0 Å². The highest BCUT2D eigenvalue weighted by Gasteiger charge is 2.10. The maximum absolute atomic E-state index is 10.7. The average molecular weight is 223 g/mol. The molecule has 0 saturated heterocycles. The number of carbonyl (C=O) groups excluding carboxylic acids is 1. The molecule has 0 aliphatic carbocycles. The van der Waals surface area contributed by atoms with Crippen LogP contribution in [0.5, 0.6) is 0 Å². The molecule has 80 valence electrons. The molecule has 0 spiro atoms. The Bertz CT molecular complexity index is 353. The second-order valence-electron chi connectivity index (χ2n) is 2.87. The van der Waals surface area contributed by atoms with Gasteiger partial charge < -0.3 is 10.6 Å². The van der Waals surface area contributed by atoms with Gasteiger partial charge in [-0.05, 0) is 31.3 Å². The molecule has 0 aliphatic heterocycles. The van der Waals surface area contributed by atoms with Gasteiger partial charge in [-0.1, -0.05) is 18.2 Å². The average Bonchev–Trinajstić information content (AvgIpc) is 2.19. The van der Waals surface area contributed by atoms with Gasteiger partial charge in [-0.25, -0.2) is 4.79 Å². The molecule has 5 heteroatoms. The summed E-state index contributed by atoms with van der Waals surface area (Å²) in [6, 6.07) is 8.92. The number of hydrogen-bond donors (Lipinski definition) is 2. The highest BCUT2D eigenvalue weighted by molar-refractivity contribution is 7.80. The van der Waals surface area contributed by atoms with Crippen molar-refractivity contribution in [2.24, 2.45) is 5.73 Å². The third kappa shape index (κ3) is 3.21. The number of benzene rings is 1. The van der Waals surface area contributed by atoms with E-state index in [1.54, 1.807) is 4.90 Å². The van der Waals surface area contributed by atoms with E-state index in [0.29, 0.717) is 11.7 Å². The second-order valence-corrected chi connectivity index (χ2v) is 3.26. The number of rotatable bonds is 2. The Morgan fingerprint density at radius 1 is 1.47 bits per heavy atom. The number of nitrogens with zero attached hydrogens (tertiary/aromatic N) is 1. The molecule has 3 N–H and O–H groups in total. The number of nitrogens with two attached hydrogens (primary N) is 1. The van der Waals surface area contributed by atoms with Crippen molar-refractivity contribution in [2.75, 3.05) is 11.4 Å². The van der Waals surface area contributed by atoms with Crippen molar-refractivity contribution in [3.8, 4) is 0 Å². The fraction of sp³-hybridized carbons (Fsp3) is 0.200. The van der Waals surface area contributed by atoms with Crippen LogP contribution in [-0.4, -0.2) is 17.7 Å². The van der Waals surface area contributed by atoms with Crippen LogP contribution in [0.15, 0.2) is 30.3 Å². The van der Waals surface area contributed by atoms with Crippen molar-refractivity contribution in [3.05, 3.63) is 30.3 Å². The quantitative estimate of drug-likeness (QED) is 0.746. The molecule has 0 unspecified atom stereocenters. The van der Waals surface area contributed by atoms with Gasteiger partial charge in [0.1, 0.15) is 0 Å². The van der Waals surface area contributed by atoms with E-state index in [9.17, 15) is 4.79 Å². The van der Waals surface area contributed by atoms with Crippen LogP contribution in [0, 0.1) is 0 Å². The van der Waals surface area contributed by atoms with Gasteiger partial charge in [-0.2, -0.15) is 0 Å². The van der Waals surface area contributed by atoms with Crippen LogP contribution in [0.25, 0.3) is 0 Å². The number of urea groups is 1. The number of hydrogen-bond acceptors (Lipinski definition) is 2. The van der Waals surface area contributed by atoms with Gasteiger partial charge in [0, 0.05) is 12.2 Å². The van der Waals surface area contributed by atoms with Gasteiger partial charge in [0.15, 0.2) is 5.11 Å². The van der Waals surface area contributed by atoms with Crippen LogP contribution in [-0.2, 0) is 0 Å². The minimum absolute atomic E-state index is 0.316. The maximum atomic E-state index is 10.7. The zero-order valence-corrected chi connectivity index (χ0v) is 9.25. The molecule has 0 radical (unpaired) electrons. The molecule has 0 aliphatic rings. The SMILES string of the molecule is CCN(C(=S)NC(N)=O)c1ccccc1. The van der Waals surface area contributed by atoms with E-state index in [1.807, 2.05) is 37.3 Å². The highest BCUT2D eigenvalue weighted by atomic mass is 32.1. The van der Waals surface area contributed by atoms with Crippen molar-refractivity contribution in [1.82, 2.24) is 5.32 Å². The summed E-state index contributed by atoms with van der Waals surface area (Å²) in [7, 11) is 0. The predicted molar refractivity (Wildman–Crippen MR) is 64.8 cm³/mol. The Hall–Kier alpha value is -1.62. The van der Waals surface area contributed by atoms with E-state index in [-0.39, 0.29) is 0 Å². The molecule has 0 heterocycles. The molecule has 0 fully saturated rings. The van der Waals surface area contributed by atoms with Gasteiger partial charge in [0.05, 0.1) is 0 Å². The zero-order valence-electron chi connectivity index (χ0n) is 8.43. The molecule has 4 nitrogen and oxygen atoms in total. The Labute approximate surface area is 94.1 Å². The molecule has 1 aromatic carbocycles. The largest absolute Gasteiger partial charge is 0.351 e. The summed E-state index contributed by atoms with van der Waals surface area (Å²) in [4.78, 5) is 12.5. The lowest BCUT2D eigenvalue weighted by Crippen LogP contribution is -2.44. The first kappa shape index (κ1) is 11.5. The van der Waals surface area contributed by atoms with Crippen LogP contribution >= 0.6 is 12.2 Å². The zero-order chi connectivity index (χ0) is 11.3. The molecular weight excluding hydrogens is 210 g/mol. The van der Waals surface area contributed by atoms with E-state index in [0.717, 1.165) is 5.69 Å². The van der Waals surface area contributed by atoms with Crippen molar-refractivity contribution in [3.63, 3.8) is 0 Å². The standard InChI is InChI=1S/C10H13N3OS/c1-2-13(10(15)12-9(11)14)8-6-4-3-5-7-8/h3-7H,2H2,1H3,(H3,11,12,14,15). The van der Waals surface area contributed by atoms with E-state index in [1.165, 1.54) is 0 Å². The first-order valence-corrected chi connectivity index (χ1v) is 4.99. The lowest BCUT2D eigenvalue weighted by atomic mass is 10.3. The number of thiocarbonyl (C=S) groups is 1. The number of para-hydroxylation sites is 1. The minimum Gasteiger partial charge on any atom is -0.351 e. The van der Waals surface area contributed by atoms with Crippen molar-refractivity contribution in [2.45, 2.75) is 6.92 Å². The van der Waals surface area contributed by atoms with Gasteiger partial charge in [-0.3, -0.25) is 5.32 Å². The minimum atomic E-state index is -0.644. The summed E-state index contributed by atoms with van der Waals surface area (Å²) >= 11 is 5.05. The topological polar surface area (TPSA) is 58.4 Å². The number of carbonyl (C=O) groups is 1. The fourth-order valence-electron chi connectivity index (χ4n) is 1.22. The Morgan fingerprint density at radius 3 is 2.53 bits per heavy atom. The first-order chi connectivity index (χ1) is 7.15. The van der Waals surface area contributed by atoms with Gasteiger partial charge >= 0.3 is 6.03 Å². The van der Waals surface area contributed by atoms with Crippen LogP contribution in [0.1, 0.15) is 6.92 Å². The third-order valence-electron chi connectivity index (χ3n) is 1.86. The molecule has 0 aromatic heterocycles. The first-order valence-electron chi connectivity index (χ1n) is 4.58. The molecule has 0 bridgehead atoms. The van der Waals surface area contributed by atoms with E-state index in [4.69, 9.17) is 18.0 Å². The lowest BCUT2D eigenvalue weighted by molar-refractivity contribution is 0.253. The van der Waals surface area contributed by atoms with Crippen molar-refractivity contribution >= 4 is 29.0 Å². The number of amides is 2. The monoisotopic (exact) mass is 223 g/mol. The number of nitrogens with one attached hydrogen (secondary N) is 1. The summed E-state index contributed by atoms with van der Waals surface area (Å²) in [5.41, 5.74) is 5.93. The van der Waals surface area contributed by atoms with Crippen LogP contribution < -0.4 is 16.0 Å². The number of anilines is 1. The van der Waals surface area contributed by atoms with Crippen LogP contribution in [0.2, 0.25) is 0 Å². The van der Waals surface area contributed by atoms with E-state index >= 15 is 0 Å². The molecular formula is C10H13N3OS. The summed E-state index contributed by atoms with van der Waals surface area (Å²) in [6.45, 7) is 2.62. The molecule has 2 amide bonds. The summed E-state index contributed by atoms with van der Waals surface area (Å²) in [6.07, 6.45) is 0. The fourth-order valence-corrected chi connectivity index (χ4v) is 1.56. The maximum Gasteiger partial charge on any atom is 0.318 e. The smallest absolute Gasteiger partial charge is 0.318 e. The van der Waals surface area contributed by atoms with Gasteiger partial charge in [-0.15, -0.1) is 0 Å². The molecule has 1 aromatic rings. The Balaban J connectivity index is 2.80. The lowest BCUT2D eigenvalue weighted by Gasteiger charge is -2.23. The van der Waals surface area contributed by atoms with E-state index < -0.39 is 6.03 Å². The van der Waals surface area contributed by atoms with Crippen molar-refractivity contribution in [1.29, 1.82) is 0 Å². The highest BCUT2D eigenvalue weighted by Crippen LogP contribution is 2.12.